The van der Waals surface area contributed by atoms with Crippen LogP contribution in [0.4, 0.5) is 0 Å². The molecule has 2 atom stereocenters. The molecule has 3 rings (SSSR count). The van der Waals surface area contributed by atoms with E-state index in [1.807, 2.05) is 0 Å². The first-order valence-corrected chi connectivity index (χ1v) is 9.59. The standard InChI is InChI=1S/C18H35N3O2/c1-18(15-22)6-2-3-17(18)19-16-4-7-20(8-5-16)9-10-21-11-13-23-14-12-21/h16-17,19,22H,2-15H2,1H3. The molecule has 0 bridgehead atoms. The number of rotatable bonds is 6. The molecule has 5 nitrogen and oxygen atoms in total. The highest BCUT2D eigenvalue weighted by Gasteiger charge is 2.39. The van der Waals surface area contributed by atoms with E-state index in [0.29, 0.717) is 18.7 Å². The van der Waals surface area contributed by atoms with Gasteiger partial charge in [-0.2, -0.15) is 0 Å². The van der Waals surface area contributed by atoms with Crippen LogP contribution in [0.5, 0.6) is 0 Å². The number of nitrogens with one attached hydrogen (secondary N) is 1. The van der Waals surface area contributed by atoms with E-state index in [2.05, 4.69) is 22.0 Å². The van der Waals surface area contributed by atoms with Crippen LogP contribution in [0.3, 0.4) is 0 Å². The van der Waals surface area contributed by atoms with Gasteiger partial charge in [0.1, 0.15) is 0 Å². The third kappa shape index (κ3) is 4.67. The third-order valence-corrected chi connectivity index (χ3v) is 6.30. The van der Waals surface area contributed by atoms with Crippen LogP contribution in [0.1, 0.15) is 39.0 Å². The lowest BCUT2D eigenvalue weighted by Crippen LogP contribution is -2.51. The molecular formula is C18H35N3O2. The molecule has 0 aromatic carbocycles. The van der Waals surface area contributed by atoms with Gasteiger partial charge in [0.15, 0.2) is 0 Å². The van der Waals surface area contributed by atoms with Crippen LogP contribution in [0.25, 0.3) is 0 Å². The second kappa shape index (κ2) is 8.26. The van der Waals surface area contributed by atoms with Crippen molar-refractivity contribution in [1.29, 1.82) is 0 Å². The Balaban J connectivity index is 1.35. The van der Waals surface area contributed by atoms with Gasteiger partial charge in [0, 0.05) is 50.3 Å². The highest BCUT2D eigenvalue weighted by Crippen LogP contribution is 2.38. The first-order chi connectivity index (χ1) is 11.2. The lowest BCUT2D eigenvalue weighted by Gasteiger charge is -2.38. The van der Waals surface area contributed by atoms with Gasteiger partial charge in [0.05, 0.1) is 13.2 Å². The van der Waals surface area contributed by atoms with Crippen LogP contribution in [0, 0.1) is 5.41 Å². The van der Waals surface area contributed by atoms with E-state index in [0.717, 1.165) is 26.3 Å². The molecule has 2 N–H and O–H groups in total. The Morgan fingerprint density at radius 1 is 1.04 bits per heavy atom. The molecular weight excluding hydrogens is 290 g/mol. The van der Waals surface area contributed by atoms with Crippen molar-refractivity contribution in [3.63, 3.8) is 0 Å². The molecule has 5 heteroatoms. The maximum absolute atomic E-state index is 9.70. The fourth-order valence-corrected chi connectivity index (χ4v) is 4.42. The molecule has 1 saturated carbocycles. The Kier molecular flexibility index (Phi) is 6.32. The van der Waals surface area contributed by atoms with E-state index in [1.54, 1.807) is 0 Å². The second-order valence-electron chi connectivity index (χ2n) is 7.99. The van der Waals surface area contributed by atoms with Crippen LogP contribution in [-0.2, 0) is 4.74 Å². The Labute approximate surface area is 141 Å². The zero-order chi connectivity index (χ0) is 16.1. The lowest BCUT2D eigenvalue weighted by atomic mass is 9.85. The highest BCUT2D eigenvalue weighted by atomic mass is 16.5. The van der Waals surface area contributed by atoms with E-state index < -0.39 is 0 Å². The quantitative estimate of drug-likeness (QED) is 0.761. The van der Waals surface area contributed by atoms with Gasteiger partial charge in [0.2, 0.25) is 0 Å². The molecule has 0 aromatic rings. The zero-order valence-corrected chi connectivity index (χ0v) is 14.8. The fraction of sp³-hybridized carbons (Fsp3) is 1.00. The van der Waals surface area contributed by atoms with Gasteiger partial charge in [-0.1, -0.05) is 13.3 Å². The summed E-state index contributed by atoms with van der Waals surface area (Å²) in [5, 5.41) is 13.6. The van der Waals surface area contributed by atoms with Gasteiger partial charge in [-0.3, -0.25) is 4.90 Å². The van der Waals surface area contributed by atoms with Gasteiger partial charge < -0.3 is 20.1 Å². The summed E-state index contributed by atoms with van der Waals surface area (Å²) in [6, 6.07) is 1.15. The average Bonchev–Trinajstić information content (AvgIpc) is 2.96. The Morgan fingerprint density at radius 3 is 2.35 bits per heavy atom. The molecule has 2 heterocycles. The van der Waals surface area contributed by atoms with E-state index in [9.17, 15) is 5.11 Å². The molecule has 2 saturated heterocycles. The number of aliphatic hydroxyl groups is 1. The smallest absolute Gasteiger partial charge is 0.0594 e. The van der Waals surface area contributed by atoms with E-state index in [4.69, 9.17) is 4.74 Å². The van der Waals surface area contributed by atoms with Gasteiger partial charge in [0.25, 0.3) is 0 Å². The summed E-state index contributed by atoms with van der Waals surface area (Å²) in [6.45, 7) is 11.4. The molecule has 0 amide bonds. The molecule has 3 aliphatic rings. The summed E-state index contributed by atoms with van der Waals surface area (Å²) in [7, 11) is 0. The highest BCUT2D eigenvalue weighted by molar-refractivity contribution is 4.95. The first kappa shape index (κ1) is 17.6. The molecule has 2 unspecified atom stereocenters. The van der Waals surface area contributed by atoms with E-state index in [1.165, 1.54) is 58.3 Å². The van der Waals surface area contributed by atoms with Crippen molar-refractivity contribution in [1.82, 2.24) is 15.1 Å². The lowest BCUT2D eigenvalue weighted by molar-refractivity contribution is 0.0314. The van der Waals surface area contributed by atoms with Crippen molar-refractivity contribution in [2.75, 3.05) is 59.1 Å². The Morgan fingerprint density at radius 2 is 1.70 bits per heavy atom. The summed E-state index contributed by atoms with van der Waals surface area (Å²) in [6.07, 6.45) is 6.16. The molecule has 23 heavy (non-hydrogen) atoms. The van der Waals surface area contributed by atoms with Crippen molar-refractivity contribution in [2.24, 2.45) is 5.41 Å². The first-order valence-electron chi connectivity index (χ1n) is 9.59. The molecule has 0 spiro atoms. The number of nitrogens with zero attached hydrogens (tertiary/aromatic N) is 2. The maximum atomic E-state index is 9.70. The molecule has 3 fully saturated rings. The largest absolute Gasteiger partial charge is 0.396 e. The number of hydrogen-bond donors (Lipinski definition) is 2. The van der Waals surface area contributed by atoms with Crippen LogP contribution in [0.2, 0.25) is 0 Å². The Bertz CT molecular complexity index is 354. The van der Waals surface area contributed by atoms with Crippen LogP contribution in [0.15, 0.2) is 0 Å². The van der Waals surface area contributed by atoms with Gasteiger partial charge in [-0.15, -0.1) is 0 Å². The van der Waals surface area contributed by atoms with Crippen molar-refractivity contribution < 1.29 is 9.84 Å². The zero-order valence-electron chi connectivity index (χ0n) is 14.8. The minimum Gasteiger partial charge on any atom is -0.396 e. The summed E-state index contributed by atoms with van der Waals surface area (Å²) in [5.41, 5.74) is 0.105. The molecule has 134 valence electrons. The number of hydrogen-bond acceptors (Lipinski definition) is 5. The summed E-state index contributed by atoms with van der Waals surface area (Å²) >= 11 is 0. The average molecular weight is 325 g/mol. The topological polar surface area (TPSA) is 48.0 Å². The van der Waals surface area contributed by atoms with Crippen molar-refractivity contribution in [2.45, 2.75) is 51.1 Å². The minimum absolute atomic E-state index is 0.105. The molecule has 2 aliphatic heterocycles. The normalized spacial score (nSPS) is 35.0. The third-order valence-electron chi connectivity index (χ3n) is 6.30. The predicted molar refractivity (Wildman–Crippen MR) is 92.7 cm³/mol. The summed E-state index contributed by atoms with van der Waals surface area (Å²) in [5.74, 6) is 0. The van der Waals surface area contributed by atoms with Gasteiger partial charge >= 0.3 is 0 Å². The number of ether oxygens (including phenoxy) is 1. The predicted octanol–water partition coefficient (Wildman–Crippen LogP) is 0.924. The van der Waals surface area contributed by atoms with Crippen LogP contribution in [-0.4, -0.2) is 86.1 Å². The number of morpholine rings is 1. The Hall–Kier alpha value is -0.200. The van der Waals surface area contributed by atoms with E-state index in [-0.39, 0.29) is 5.41 Å². The van der Waals surface area contributed by atoms with Crippen molar-refractivity contribution in [3.8, 4) is 0 Å². The fourth-order valence-electron chi connectivity index (χ4n) is 4.42. The van der Waals surface area contributed by atoms with Gasteiger partial charge in [-0.05, 0) is 38.8 Å². The SMILES string of the molecule is CC1(CO)CCCC1NC1CCN(CCN2CCOCC2)CC1. The van der Waals surface area contributed by atoms with Crippen molar-refractivity contribution >= 4 is 0 Å². The number of piperidine rings is 1. The van der Waals surface area contributed by atoms with Crippen molar-refractivity contribution in [3.05, 3.63) is 0 Å². The molecule has 0 aromatic heterocycles. The monoisotopic (exact) mass is 325 g/mol. The number of likely N-dealkylation sites (tertiary alicyclic amines) is 1. The summed E-state index contributed by atoms with van der Waals surface area (Å²) < 4.78 is 5.41. The minimum atomic E-state index is 0.105. The molecule has 1 aliphatic carbocycles. The second-order valence-corrected chi connectivity index (χ2v) is 7.99. The van der Waals surface area contributed by atoms with E-state index >= 15 is 0 Å². The van der Waals surface area contributed by atoms with Crippen LogP contribution < -0.4 is 5.32 Å². The summed E-state index contributed by atoms with van der Waals surface area (Å²) in [4.78, 5) is 5.15. The maximum Gasteiger partial charge on any atom is 0.0594 e. The van der Waals surface area contributed by atoms with Gasteiger partial charge in [-0.25, -0.2) is 0 Å². The van der Waals surface area contributed by atoms with Crippen LogP contribution >= 0.6 is 0 Å². The molecule has 0 radical (unpaired) electrons. The number of aliphatic hydroxyl groups excluding tert-OH is 1.